The molecule has 0 aliphatic heterocycles. The van der Waals surface area contributed by atoms with Crippen LogP contribution >= 0.6 is 0 Å². The Morgan fingerprint density at radius 1 is 1.20 bits per heavy atom. The van der Waals surface area contributed by atoms with Crippen LogP contribution in [0, 0.1) is 19.7 Å². The van der Waals surface area contributed by atoms with Crippen LogP contribution < -0.4 is 5.32 Å². The minimum Gasteiger partial charge on any atom is -0.368 e. The molecule has 0 spiro atoms. The van der Waals surface area contributed by atoms with Crippen molar-refractivity contribution in [3.05, 3.63) is 65.5 Å². The third-order valence-corrected chi connectivity index (χ3v) is 4.76. The number of anilines is 1. The molecule has 0 bridgehead atoms. The van der Waals surface area contributed by atoms with Gasteiger partial charge in [0.1, 0.15) is 11.6 Å². The number of aryl methyl sites for hydroxylation is 2. The molecule has 128 valence electrons. The number of nitrogens with zero attached hydrogens (tertiary/aromatic N) is 4. The quantitative estimate of drug-likeness (QED) is 0.773. The monoisotopic (exact) mass is 337 g/mol. The van der Waals surface area contributed by atoms with Crippen molar-refractivity contribution in [2.24, 2.45) is 0 Å². The fourth-order valence-corrected chi connectivity index (χ4v) is 3.25. The molecule has 0 radical (unpaired) electrons. The van der Waals surface area contributed by atoms with E-state index in [1.807, 2.05) is 32.0 Å². The summed E-state index contributed by atoms with van der Waals surface area (Å²) in [6.45, 7) is 4.58. The molecule has 2 heterocycles. The van der Waals surface area contributed by atoms with Crippen LogP contribution in [0.15, 0.2) is 42.7 Å². The summed E-state index contributed by atoms with van der Waals surface area (Å²) in [6, 6.07) is 9.02. The van der Waals surface area contributed by atoms with Crippen LogP contribution in [-0.2, 0) is 5.41 Å². The Bertz CT molecular complexity index is 914. The van der Waals surface area contributed by atoms with E-state index in [9.17, 15) is 4.39 Å². The lowest BCUT2D eigenvalue weighted by molar-refractivity contribution is 0.578. The van der Waals surface area contributed by atoms with E-state index in [4.69, 9.17) is 0 Å². The Kier molecular flexibility index (Phi) is 3.75. The molecule has 0 unspecified atom stereocenters. The second-order valence-corrected chi connectivity index (χ2v) is 6.72. The van der Waals surface area contributed by atoms with Gasteiger partial charge in [0, 0.05) is 17.7 Å². The predicted molar refractivity (Wildman–Crippen MR) is 94.4 cm³/mol. The fourth-order valence-electron chi connectivity index (χ4n) is 3.25. The van der Waals surface area contributed by atoms with Gasteiger partial charge in [0.15, 0.2) is 5.82 Å². The van der Waals surface area contributed by atoms with E-state index in [0.29, 0.717) is 18.2 Å². The van der Waals surface area contributed by atoms with Gasteiger partial charge in [0.2, 0.25) is 0 Å². The topological polar surface area (TPSA) is 55.6 Å². The van der Waals surface area contributed by atoms with E-state index in [0.717, 1.165) is 29.8 Å². The van der Waals surface area contributed by atoms with Crippen LogP contribution in [0.3, 0.4) is 0 Å². The van der Waals surface area contributed by atoms with Crippen LogP contribution in [-0.4, -0.2) is 26.3 Å². The van der Waals surface area contributed by atoms with Gasteiger partial charge in [-0.3, -0.25) is 4.98 Å². The average Bonchev–Trinajstić information content (AvgIpc) is 3.32. The first kappa shape index (κ1) is 15.7. The van der Waals surface area contributed by atoms with E-state index in [2.05, 4.69) is 20.4 Å². The third-order valence-electron chi connectivity index (χ3n) is 4.76. The largest absolute Gasteiger partial charge is 0.368 e. The lowest BCUT2D eigenvalue weighted by atomic mass is 9.95. The number of rotatable bonds is 5. The molecule has 1 aliphatic carbocycles. The highest BCUT2D eigenvalue weighted by Gasteiger charge is 2.45. The molecule has 25 heavy (non-hydrogen) atoms. The van der Waals surface area contributed by atoms with E-state index in [-0.39, 0.29) is 11.2 Å². The van der Waals surface area contributed by atoms with Crippen molar-refractivity contribution in [3.8, 4) is 5.82 Å². The first-order valence-electron chi connectivity index (χ1n) is 8.42. The number of nitrogens with one attached hydrogen (secondary N) is 1. The standard InChI is InChI=1S/C19H20FN5/c1-13-9-14(2)25(24-13)18-11-21-10-17(23-18)22-12-19(7-8-19)15-5-3-4-6-16(15)20/h3-6,9-11H,7-8,12H2,1-2H3,(H,22,23). The second-order valence-electron chi connectivity index (χ2n) is 6.72. The first-order valence-corrected chi connectivity index (χ1v) is 8.42. The Labute approximate surface area is 145 Å². The second kappa shape index (κ2) is 5.95. The number of halogens is 1. The third kappa shape index (κ3) is 2.99. The summed E-state index contributed by atoms with van der Waals surface area (Å²) in [4.78, 5) is 8.86. The van der Waals surface area contributed by atoms with Gasteiger partial charge < -0.3 is 5.32 Å². The van der Waals surface area contributed by atoms with Crippen molar-refractivity contribution in [1.29, 1.82) is 0 Å². The minimum absolute atomic E-state index is 0.135. The van der Waals surface area contributed by atoms with Crippen LogP contribution in [0.5, 0.6) is 0 Å². The Balaban J connectivity index is 1.54. The highest BCUT2D eigenvalue weighted by molar-refractivity contribution is 5.41. The summed E-state index contributed by atoms with van der Waals surface area (Å²) in [6.07, 6.45) is 5.33. The summed E-state index contributed by atoms with van der Waals surface area (Å²) < 4.78 is 15.9. The average molecular weight is 337 g/mol. The lowest BCUT2D eigenvalue weighted by Crippen LogP contribution is -2.21. The predicted octanol–water partition coefficient (Wildman–Crippen LogP) is 3.56. The molecular formula is C19H20FN5. The maximum Gasteiger partial charge on any atom is 0.174 e. The number of benzene rings is 1. The molecule has 1 aromatic carbocycles. The zero-order chi connectivity index (χ0) is 17.4. The maximum absolute atomic E-state index is 14.1. The Morgan fingerprint density at radius 3 is 2.68 bits per heavy atom. The molecule has 1 aliphatic rings. The molecule has 0 saturated heterocycles. The van der Waals surface area contributed by atoms with Gasteiger partial charge in [-0.1, -0.05) is 18.2 Å². The van der Waals surface area contributed by atoms with Gasteiger partial charge >= 0.3 is 0 Å². The van der Waals surface area contributed by atoms with Crippen molar-refractivity contribution in [2.45, 2.75) is 32.1 Å². The minimum atomic E-state index is -0.138. The first-order chi connectivity index (χ1) is 12.1. The van der Waals surface area contributed by atoms with E-state index in [1.54, 1.807) is 23.1 Å². The molecule has 1 saturated carbocycles. The summed E-state index contributed by atoms with van der Waals surface area (Å²) in [5.74, 6) is 1.21. The van der Waals surface area contributed by atoms with E-state index in [1.165, 1.54) is 6.07 Å². The number of hydrogen-bond donors (Lipinski definition) is 1. The lowest BCUT2D eigenvalue weighted by Gasteiger charge is -2.17. The van der Waals surface area contributed by atoms with Gasteiger partial charge in [-0.25, -0.2) is 14.1 Å². The highest BCUT2D eigenvalue weighted by atomic mass is 19.1. The Morgan fingerprint density at radius 2 is 2.00 bits per heavy atom. The Hall–Kier alpha value is -2.76. The highest BCUT2D eigenvalue weighted by Crippen LogP contribution is 2.48. The summed E-state index contributed by atoms with van der Waals surface area (Å²) >= 11 is 0. The van der Waals surface area contributed by atoms with Crippen molar-refractivity contribution in [2.75, 3.05) is 11.9 Å². The molecule has 5 nitrogen and oxygen atoms in total. The van der Waals surface area contributed by atoms with E-state index >= 15 is 0 Å². The summed E-state index contributed by atoms with van der Waals surface area (Å²) in [5.41, 5.74) is 2.59. The molecule has 0 amide bonds. The van der Waals surface area contributed by atoms with E-state index < -0.39 is 0 Å². The molecule has 3 aromatic rings. The summed E-state index contributed by atoms with van der Waals surface area (Å²) in [5, 5.41) is 7.77. The van der Waals surface area contributed by atoms with Crippen molar-refractivity contribution < 1.29 is 4.39 Å². The van der Waals surface area contributed by atoms with Gasteiger partial charge in [0.05, 0.1) is 18.1 Å². The zero-order valence-electron chi connectivity index (χ0n) is 14.3. The van der Waals surface area contributed by atoms with Crippen molar-refractivity contribution >= 4 is 5.82 Å². The maximum atomic E-state index is 14.1. The number of hydrogen-bond acceptors (Lipinski definition) is 4. The van der Waals surface area contributed by atoms with Crippen molar-refractivity contribution in [1.82, 2.24) is 19.7 Å². The van der Waals surface area contributed by atoms with Crippen LogP contribution in [0.25, 0.3) is 5.82 Å². The molecule has 1 N–H and O–H groups in total. The smallest absolute Gasteiger partial charge is 0.174 e. The van der Waals surface area contributed by atoms with Gasteiger partial charge in [-0.15, -0.1) is 0 Å². The zero-order valence-corrected chi connectivity index (χ0v) is 14.3. The molecule has 1 fully saturated rings. The van der Waals surface area contributed by atoms with Gasteiger partial charge in [-0.2, -0.15) is 5.10 Å². The molecule has 0 atom stereocenters. The molecule has 2 aromatic heterocycles. The van der Waals surface area contributed by atoms with Crippen molar-refractivity contribution in [3.63, 3.8) is 0 Å². The van der Waals surface area contributed by atoms with Crippen LogP contribution in [0.4, 0.5) is 10.2 Å². The number of aromatic nitrogens is 4. The fraction of sp³-hybridized carbons (Fsp3) is 0.316. The van der Waals surface area contributed by atoms with Crippen LogP contribution in [0.1, 0.15) is 29.8 Å². The summed E-state index contributed by atoms with van der Waals surface area (Å²) in [7, 11) is 0. The SMILES string of the molecule is Cc1cc(C)n(-c2cncc(NCC3(c4ccccc4F)CC3)n2)n1. The molecule has 4 rings (SSSR count). The molecular weight excluding hydrogens is 317 g/mol. The van der Waals surface area contributed by atoms with Crippen LogP contribution in [0.2, 0.25) is 0 Å². The normalized spacial score (nSPS) is 15.2. The van der Waals surface area contributed by atoms with Gasteiger partial charge in [-0.05, 0) is 44.4 Å². The van der Waals surface area contributed by atoms with Gasteiger partial charge in [0.25, 0.3) is 0 Å². The molecule has 6 heteroatoms.